The normalized spacial score (nSPS) is 11.9. The molecule has 0 aliphatic rings. The Morgan fingerprint density at radius 1 is 1.43 bits per heavy atom. The van der Waals surface area contributed by atoms with Crippen molar-refractivity contribution in [3.63, 3.8) is 0 Å². The van der Waals surface area contributed by atoms with E-state index in [0.29, 0.717) is 11.6 Å². The Kier molecular flexibility index (Phi) is 5.89. The number of carbonyl (C=O) groups excluding carboxylic acids is 1. The van der Waals surface area contributed by atoms with E-state index in [1.54, 1.807) is 6.20 Å². The molecule has 8 heteroatoms. The zero-order valence-corrected chi connectivity index (χ0v) is 13.0. The van der Waals surface area contributed by atoms with Crippen LogP contribution in [0.15, 0.2) is 35.5 Å². The smallest absolute Gasteiger partial charge is 0.315 e. The monoisotopic (exact) mass is 325 g/mol. The summed E-state index contributed by atoms with van der Waals surface area (Å²) in [4.78, 5) is 11.8. The van der Waals surface area contributed by atoms with Crippen molar-refractivity contribution in [3.05, 3.63) is 41.0 Å². The number of thioether (sulfide) groups is 1. The summed E-state index contributed by atoms with van der Waals surface area (Å²) in [6.45, 7) is 2.48. The standard InChI is InChI=1S/C13H16ClN5OS/c1-9(10-2-4-11(14)5-3-10)17-13(20)15-6-7-21-12-8-16-19-18-12/h2-5,8-9H,6-7H2,1H3,(H2,15,17,20)(H,16,18,19)/t9-/m0/s1. The van der Waals surface area contributed by atoms with Crippen molar-refractivity contribution < 1.29 is 4.79 Å². The highest BCUT2D eigenvalue weighted by Gasteiger charge is 2.08. The number of hydrogen-bond acceptors (Lipinski definition) is 4. The minimum atomic E-state index is -0.196. The molecule has 0 aliphatic carbocycles. The summed E-state index contributed by atoms with van der Waals surface area (Å²) in [6, 6.07) is 7.13. The van der Waals surface area contributed by atoms with Crippen LogP contribution in [0.3, 0.4) is 0 Å². The van der Waals surface area contributed by atoms with E-state index in [-0.39, 0.29) is 12.1 Å². The maximum absolute atomic E-state index is 11.8. The van der Waals surface area contributed by atoms with Gasteiger partial charge in [0.15, 0.2) is 0 Å². The largest absolute Gasteiger partial charge is 0.337 e. The maximum atomic E-state index is 11.8. The van der Waals surface area contributed by atoms with Crippen molar-refractivity contribution in [2.24, 2.45) is 0 Å². The average molecular weight is 326 g/mol. The van der Waals surface area contributed by atoms with E-state index in [9.17, 15) is 4.79 Å². The molecule has 1 heterocycles. The Morgan fingerprint density at radius 3 is 2.86 bits per heavy atom. The summed E-state index contributed by atoms with van der Waals surface area (Å²) >= 11 is 7.36. The zero-order chi connectivity index (χ0) is 15.1. The van der Waals surface area contributed by atoms with Gasteiger partial charge >= 0.3 is 6.03 Å². The van der Waals surface area contributed by atoms with E-state index in [2.05, 4.69) is 26.0 Å². The number of halogens is 1. The van der Waals surface area contributed by atoms with Crippen molar-refractivity contribution >= 4 is 29.4 Å². The van der Waals surface area contributed by atoms with Gasteiger partial charge in [-0.3, -0.25) is 0 Å². The van der Waals surface area contributed by atoms with Gasteiger partial charge < -0.3 is 10.6 Å². The summed E-state index contributed by atoms with van der Waals surface area (Å²) in [5, 5.41) is 17.3. The van der Waals surface area contributed by atoms with E-state index >= 15 is 0 Å². The van der Waals surface area contributed by atoms with Crippen LogP contribution in [0.25, 0.3) is 0 Å². The maximum Gasteiger partial charge on any atom is 0.315 e. The van der Waals surface area contributed by atoms with Crippen LogP contribution in [-0.2, 0) is 0 Å². The minimum Gasteiger partial charge on any atom is -0.337 e. The molecule has 6 nitrogen and oxygen atoms in total. The molecular weight excluding hydrogens is 310 g/mol. The molecule has 0 saturated carbocycles. The lowest BCUT2D eigenvalue weighted by Crippen LogP contribution is -2.38. The third kappa shape index (κ3) is 5.28. The van der Waals surface area contributed by atoms with E-state index in [4.69, 9.17) is 11.6 Å². The van der Waals surface area contributed by atoms with Crippen molar-refractivity contribution in [1.82, 2.24) is 26.0 Å². The van der Waals surface area contributed by atoms with Crippen LogP contribution in [0, 0.1) is 0 Å². The average Bonchev–Trinajstić information content (AvgIpc) is 2.97. The van der Waals surface area contributed by atoms with Crippen LogP contribution in [0.2, 0.25) is 5.02 Å². The molecule has 0 unspecified atom stereocenters. The highest BCUT2D eigenvalue weighted by Crippen LogP contribution is 2.15. The van der Waals surface area contributed by atoms with Gasteiger partial charge in [0.2, 0.25) is 0 Å². The lowest BCUT2D eigenvalue weighted by molar-refractivity contribution is 0.238. The van der Waals surface area contributed by atoms with E-state index in [1.165, 1.54) is 11.8 Å². The second-order valence-electron chi connectivity index (χ2n) is 4.33. The van der Waals surface area contributed by atoms with Gasteiger partial charge in [-0.2, -0.15) is 10.3 Å². The van der Waals surface area contributed by atoms with Crippen LogP contribution in [-0.4, -0.2) is 33.7 Å². The number of urea groups is 1. The highest BCUT2D eigenvalue weighted by atomic mass is 35.5. The Bertz CT molecular complexity index is 560. The van der Waals surface area contributed by atoms with E-state index in [0.717, 1.165) is 16.3 Å². The molecule has 2 aromatic rings. The van der Waals surface area contributed by atoms with Gasteiger partial charge in [0.1, 0.15) is 5.03 Å². The number of aromatic nitrogens is 3. The second-order valence-corrected chi connectivity index (χ2v) is 5.88. The van der Waals surface area contributed by atoms with E-state index in [1.807, 2.05) is 31.2 Å². The first-order valence-electron chi connectivity index (χ1n) is 6.43. The number of nitrogens with one attached hydrogen (secondary N) is 3. The number of nitrogens with zero attached hydrogens (tertiary/aromatic N) is 2. The number of H-pyrrole nitrogens is 1. The molecule has 1 aromatic carbocycles. The minimum absolute atomic E-state index is 0.0783. The topological polar surface area (TPSA) is 82.7 Å². The Morgan fingerprint density at radius 2 is 2.19 bits per heavy atom. The molecule has 112 valence electrons. The first-order valence-corrected chi connectivity index (χ1v) is 7.80. The molecule has 21 heavy (non-hydrogen) atoms. The number of aromatic amines is 1. The quantitative estimate of drug-likeness (QED) is 0.563. The van der Waals surface area contributed by atoms with Crippen molar-refractivity contribution in [1.29, 1.82) is 0 Å². The van der Waals surface area contributed by atoms with Crippen LogP contribution < -0.4 is 10.6 Å². The fourth-order valence-corrected chi connectivity index (χ4v) is 2.44. The molecule has 1 aromatic heterocycles. The zero-order valence-electron chi connectivity index (χ0n) is 11.5. The van der Waals surface area contributed by atoms with Crippen molar-refractivity contribution in [2.45, 2.75) is 18.0 Å². The summed E-state index contributed by atoms with van der Waals surface area (Å²) in [5.41, 5.74) is 1.01. The molecule has 2 rings (SSSR count). The molecule has 0 spiro atoms. The molecule has 0 aliphatic heterocycles. The fourth-order valence-electron chi connectivity index (χ4n) is 1.66. The molecular formula is C13H16ClN5OS. The van der Waals surface area contributed by atoms with Crippen LogP contribution in [0.1, 0.15) is 18.5 Å². The molecule has 0 fully saturated rings. The van der Waals surface area contributed by atoms with Gasteiger partial charge in [0.05, 0.1) is 12.2 Å². The number of carbonyl (C=O) groups is 1. The fraction of sp³-hybridized carbons (Fsp3) is 0.308. The van der Waals surface area contributed by atoms with Crippen LogP contribution >= 0.6 is 23.4 Å². The predicted octanol–water partition coefficient (Wildman–Crippen LogP) is 2.61. The Balaban J connectivity index is 1.67. The van der Waals surface area contributed by atoms with Gasteiger partial charge in [0, 0.05) is 17.3 Å². The molecule has 3 N–H and O–H groups in total. The first kappa shape index (κ1) is 15.7. The Labute approximate surface area is 132 Å². The second kappa shape index (κ2) is 7.90. The lowest BCUT2D eigenvalue weighted by atomic mass is 10.1. The first-order chi connectivity index (χ1) is 10.1. The van der Waals surface area contributed by atoms with Gasteiger partial charge in [0.25, 0.3) is 0 Å². The molecule has 2 amide bonds. The number of hydrogen-bond donors (Lipinski definition) is 3. The number of amides is 2. The summed E-state index contributed by atoms with van der Waals surface area (Å²) < 4.78 is 0. The third-order valence-electron chi connectivity index (χ3n) is 2.75. The SMILES string of the molecule is C[C@H](NC(=O)NCCSc1cn[nH]n1)c1ccc(Cl)cc1. The van der Waals surface area contributed by atoms with Crippen molar-refractivity contribution in [2.75, 3.05) is 12.3 Å². The van der Waals surface area contributed by atoms with E-state index < -0.39 is 0 Å². The number of rotatable bonds is 6. The van der Waals surface area contributed by atoms with Gasteiger partial charge in [-0.05, 0) is 24.6 Å². The third-order valence-corrected chi connectivity index (χ3v) is 3.90. The van der Waals surface area contributed by atoms with Gasteiger partial charge in [-0.1, -0.05) is 23.7 Å². The van der Waals surface area contributed by atoms with Crippen molar-refractivity contribution in [3.8, 4) is 0 Å². The molecule has 0 saturated heterocycles. The Hall–Kier alpha value is -1.73. The number of benzene rings is 1. The lowest BCUT2D eigenvalue weighted by Gasteiger charge is -2.15. The highest BCUT2D eigenvalue weighted by molar-refractivity contribution is 7.99. The molecule has 0 bridgehead atoms. The predicted molar refractivity (Wildman–Crippen MR) is 83.5 cm³/mol. The molecule has 1 atom stereocenters. The molecule has 0 radical (unpaired) electrons. The van der Waals surface area contributed by atoms with Crippen LogP contribution in [0.5, 0.6) is 0 Å². The van der Waals surface area contributed by atoms with Gasteiger partial charge in [-0.25, -0.2) is 4.79 Å². The van der Waals surface area contributed by atoms with Crippen LogP contribution in [0.4, 0.5) is 4.79 Å². The van der Waals surface area contributed by atoms with Gasteiger partial charge in [-0.15, -0.1) is 16.9 Å². The summed E-state index contributed by atoms with van der Waals surface area (Å²) in [7, 11) is 0. The summed E-state index contributed by atoms with van der Waals surface area (Å²) in [6.07, 6.45) is 1.65. The summed E-state index contributed by atoms with van der Waals surface area (Å²) in [5.74, 6) is 0.731.